The van der Waals surface area contributed by atoms with E-state index < -0.39 is 0 Å². The van der Waals surface area contributed by atoms with E-state index in [0.29, 0.717) is 24.4 Å². The molecule has 0 amide bonds. The third-order valence-corrected chi connectivity index (χ3v) is 4.05. The van der Waals surface area contributed by atoms with Gasteiger partial charge in [-0.2, -0.15) is 4.98 Å². The van der Waals surface area contributed by atoms with Gasteiger partial charge in [-0.05, 0) is 32.0 Å². The number of aromatic nitrogens is 2. The number of likely N-dealkylation sites (N-methyl/N-ethyl adjacent to an activating group) is 1. The van der Waals surface area contributed by atoms with E-state index >= 15 is 0 Å². The fourth-order valence-electron chi connectivity index (χ4n) is 2.91. The lowest BCUT2D eigenvalue weighted by Gasteiger charge is -2.28. The Morgan fingerprint density at radius 1 is 1.24 bits per heavy atom. The lowest BCUT2D eigenvalue weighted by molar-refractivity contribution is 0.263. The van der Waals surface area contributed by atoms with E-state index in [1.165, 1.54) is 19.3 Å². The standard InChI is InChI=1S/C16H21N3O2/c1-17-14-10-6-5-9-13(14)16-18-15(19-21-16)11-20-12-7-3-2-4-8-12/h2-4,7-8,13-14,17H,5-6,9-11H2,1H3. The Labute approximate surface area is 124 Å². The van der Waals surface area contributed by atoms with Crippen LogP contribution < -0.4 is 10.1 Å². The molecule has 1 aliphatic rings. The Bertz CT molecular complexity index is 556. The van der Waals surface area contributed by atoms with E-state index in [2.05, 4.69) is 15.5 Å². The van der Waals surface area contributed by atoms with Crippen molar-refractivity contribution in [3.8, 4) is 5.75 Å². The fraction of sp³-hybridized carbons (Fsp3) is 0.500. The lowest BCUT2D eigenvalue weighted by Crippen LogP contribution is -2.34. The first-order valence-corrected chi connectivity index (χ1v) is 7.54. The van der Waals surface area contributed by atoms with E-state index in [1.807, 2.05) is 37.4 Å². The van der Waals surface area contributed by atoms with Crippen LogP contribution in [0, 0.1) is 0 Å². The number of hydrogen-bond donors (Lipinski definition) is 1. The number of nitrogens with zero attached hydrogens (tertiary/aromatic N) is 2. The molecule has 112 valence electrons. The second-order valence-electron chi connectivity index (χ2n) is 5.44. The number of para-hydroxylation sites is 1. The quantitative estimate of drug-likeness (QED) is 0.916. The molecule has 1 aromatic heterocycles. The predicted molar refractivity (Wildman–Crippen MR) is 79.1 cm³/mol. The van der Waals surface area contributed by atoms with Crippen LogP contribution in [-0.2, 0) is 6.61 Å². The van der Waals surface area contributed by atoms with Crippen LogP contribution in [0.3, 0.4) is 0 Å². The van der Waals surface area contributed by atoms with Crippen molar-refractivity contribution in [2.45, 2.75) is 44.2 Å². The zero-order valence-electron chi connectivity index (χ0n) is 12.3. The molecule has 5 heteroatoms. The van der Waals surface area contributed by atoms with Crippen molar-refractivity contribution >= 4 is 0 Å². The maximum atomic E-state index is 5.65. The third-order valence-electron chi connectivity index (χ3n) is 4.05. The number of hydrogen-bond acceptors (Lipinski definition) is 5. The molecule has 2 aromatic rings. The minimum absolute atomic E-state index is 0.321. The van der Waals surface area contributed by atoms with Crippen LogP contribution in [0.25, 0.3) is 0 Å². The molecule has 21 heavy (non-hydrogen) atoms. The second-order valence-corrected chi connectivity index (χ2v) is 5.44. The van der Waals surface area contributed by atoms with E-state index in [1.54, 1.807) is 0 Å². The van der Waals surface area contributed by atoms with Gasteiger partial charge < -0.3 is 14.6 Å². The molecule has 0 radical (unpaired) electrons. The van der Waals surface area contributed by atoms with Gasteiger partial charge in [0.25, 0.3) is 0 Å². The van der Waals surface area contributed by atoms with Gasteiger partial charge in [-0.1, -0.05) is 36.2 Å². The van der Waals surface area contributed by atoms with Crippen LogP contribution in [0.2, 0.25) is 0 Å². The summed E-state index contributed by atoms with van der Waals surface area (Å²) in [5, 5.41) is 7.40. The van der Waals surface area contributed by atoms with Crippen LogP contribution in [0.1, 0.15) is 43.3 Å². The third kappa shape index (κ3) is 3.42. The van der Waals surface area contributed by atoms with E-state index in [4.69, 9.17) is 9.26 Å². The molecule has 2 unspecified atom stereocenters. The van der Waals surface area contributed by atoms with E-state index in [0.717, 1.165) is 18.1 Å². The van der Waals surface area contributed by atoms with Crippen molar-refractivity contribution in [1.29, 1.82) is 0 Å². The Balaban J connectivity index is 1.63. The minimum Gasteiger partial charge on any atom is -0.485 e. The first kappa shape index (κ1) is 14.1. The van der Waals surface area contributed by atoms with Gasteiger partial charge in [0.1, 0.15) is 5.75 Å². The second kappa shape index (κ2) is 6.72. The molecular formula is C16H21N3O2. The summed E-state index contributed by atoms with van der Waals surface area (Å²) in [7, 11) is 2.00. The van der Waals surface area contributed by atoms with Crippen molar-refractivity contribution in [2.24, 2.45) is 0 Å². The van der Waals surface area contributed by atoms with Gasteiger partial charge in [0.2, 0.25) is 11.7 Å². The van der Waals surface area contributed by atoms with Gasteiger partial charge in [0, 0.05) is 6.04 Å². The highest BCUT2D eigenvalue weighted by Crippen LogP contribution is 2.32. The zero-order valence-corrected chi connectivity index (χ0v) is 12.3. The Kier molecular flexibility index (Phi) is 4.50. The van der Waals surface area contributed by atoms with Crippen molar-refractivity contribution in [3.63, 3.8) is 0 Å². The molecule has 1 heterocycles. The smallest absolute Gasteiger partial charge is 0.231 e. The summed E-state index contributed by atoms with van der Waals surface area (Å²) in [6.07, 6.45) is 4.76. The summed E-state index contributed by atoms with van der Waals surface area (Å²) in [6.45, 7) is 0.338. The molecule has 0 aliphatic heterocycles. The lowest BCUT2D eigenvalue weighted by atomic mass is 9.84. The molecule has 0 spiro atoms. The highest BCUT2D eigenvalue weighted by atomic mass is 16.5. The maximum absolute atomic E-state index is 5.65. The van der Waals surface area contributed by atoms with Crippen molar-refractivity contribution < 1.29 is 9.26 Å². The van der Waals surface area contributed by atoms with Gasteiger partial charge >= 0.3 is 0 Å². The predicted octanol–water partition coefficient (Wildman–Crippen LogP) is 2.89. The molecule has 5 nitrogen and oxygen atoms in total. The molecule has 1 saturated carbocycles. The molecule has 1 aromatic carbocycles. The van der Waals surface area contributed by atoms with Gasteiger partial charge in [-0.3, -0.25) is 0 Å². The van der Waals surface area contributed by atoms with E-state index in [9.17, 15) is 0 Å². The van der Waals surface area contributed by atoms with Crippen molar-refractivity contribution in [2.75, 3.05) is 7.05 Å². The molecular weight excluding hydrogens is 266 g/mol. The molecule has 0 bridgehead atoms. The average Bonchev–Trinajstić information content (AvgIpc) is 3.02. The van der Waals surface area contributed by atoms with Gasteiger partial charge in [0.05, 0.1) is 5.92 Å². The highest BCUT2D eigenvalue weighted by Gasteiger charge is 2.29. The summed E-state index contributed by atoms with van der Waals surface area (Å²) < 4.78 is 11.1. The minimum atomic E-state index is 0.321. The van der Waals surface area contributed by atoms with Crippen LogP contribution in [0.4, 0.5) is 0 Å². The topological polar surface area (TPSA) is 60.2 Å². The van der Waals surface area contributed by atoms with Gasteiger partial charge in [-0.15, -0.1) is 0 Å². The first-order chi connectivity index (χ1) is 10.4. The SMILES string of the molecule is CNC1CCCCC1c1nc(COc2ccccc2)no1. The van der Waals surface area contributed by atoms with Crippen molar-refractivity contribution in [1.82, 2.24) is 15.5 Å². The molecule has 2 atom stereocenters. The summed E-state index contributed by atoms with van der Waals surface area (Å²) in [5.41, 5.74) is 0. The summed E-state index contributed by atoms with van der Waals surface area (Å²) >= 11 is 0. The zero-order chi connectivity index (χ0) is 14.5. The first-order valence-electron chi connectivity index (χ1n) is 7.54. The number of rotatable bonds is 5. The van der Waals surface area contributed by atoms with Crippen LogP contribution >= 0.6 is 0 Å². The monoisotopic (exact) mass is 287 g/mol. The normalized spacial score (nSPS) is 22.1. The van der Waals surface area contributed by atoms with Gasteiger partial charge in [0.15, 0.2) is 6.61 Å². The van der Waals surface area contributed by atoms with Crippen molar-refractivity contribution in [3.05, 3.63) is 42.0 Å². The number of benzene rings is 1. The maximum Gasteiger partial charge on any atom is 0.231 e. The number of ether oxygens (including phenoxy) is 1. The van der Waals surface area contributed by atoms with Gasteiger partial charge in [-0.25, -0.2) is 0 Å². The molecule has 1 N–H and O–H groups in total. The van der Waals surface area contributed by atoms with Crippen LogP contribution in [-0.4, -0.2) is 23.2 Å². The molecule has 3 rings (SSSR count). The fourth-order valence-corrected chi connectivity index (χ4v) is 2.91. The number of nitrogens with one attached hydrogen (secondary N) is 1. The molecule has 1 fully saturated rings. The summed E-state index contributed by atoms with van der Waals surface area (Å²) in [5.74, 6) is 2.48. The highest BCUT2D eigenvalue weighted by molar-refractivity contribution is 5.21. The van der Waals surface area contributed by atoms with Crippen LogP contribution in [0.15, 0.2) is 34.9 Å². The Morgan fingerprint density at radius 2 is 2.05 bits per heavy atom. The average molecular weight is 287 g/mol. The summed E-state index contributed by atoms with van der Waals surface area (Å²) in [6, 6.07) is 10.1. The molecule has 1 aliphatic carbocycles. The Morgan fingerprint density at radius 3 is 2.86 bits per heavy atom. The molecule has 0 saturated heterocycles. The van der Waals surface area contributed by atoms with Crippen LogP contribution in [0.5, 0.6) is 5.75 Å². The Hall–Kier alpha value is -1.88. The summed E-state index contributed by atoms with van der Waals surface area (Å²) in [4.78, 5) is 4.50. The largest absolute Gasteiger partial charge is 0.485 e. The van der Waals surface area contributed by atoms with E-state index in [-0.39, 0.29) is 0 Å².